The first-order valence-electron chi connectivity index (χ1n) is 7.07. The first kappa shape index (κ1) is 14.8. The third-order valence-corrected chi connectivity index (χ3v) is 4.79. The van der Waals surface area contributed by atoms with E-state index in [2.05, 4.69) is 5.32 Å². The summed E-state index contributed by atoms with van der Waals surface area (Å²) in [6.45, 7) is 1.72. The summed E-state index contributed by atoms with van der Waals surface area (Å²) in [5.74, 6) is 0.170. The van der Waals surface area contributed by atoms with Crippen LogP contribution < -0.4 is 5.32 Å². The van der Waals surface area contributed by atoms with Gasteiger partial charge in [-0.2, -0.15) is 0 Å². The standard InChI is InChI=1S/C17H16Cl2FN/c18-15-5-2-6-16(19)17(15)13-7-8-21-10-14(13)11-3-1-4-12(20)9-11/h1-6,9,13-14,21H,7-8,10H2. The second-order valence-corrected chi connectivity index (χ2v) is 6.21. The minimum Gasteiger partial charge on any atom is -0.316 e. The molecule has 1 aliphatic rings. The van der Waals surface area contributed by atoms with E-state index in [1.165, 1.54) is 6.07 Å². The maximum Gasteiger partial charge on any atom is 0.123 e. The van der Waals surface area contributed by atoms with Crippen LogP contribution in [0.25, 0.3) is 0 Å². The largest absolute Gasteiger partial charge is 0.316 e. The van der Waals surface area contributed by atoms with Crippen LogP contribution in [0.2, 0.25) is 10.0 Å². The van der Waals surface area contributed by atoms with Crippen molar-refractivity contribution in [1.82, 2.24) is 5.32 Å². The molecule has 1 nitrogen and oxygen atoms in total. The Bertz CT molecular complexity index is 624. The fraction of sp³-hybridized carbons (Fsp3) is 0.294. The van der Waals surface area contributed by atoms with E-state index in [0.29, 0.717) is 10.0 Å². The van der Waals surface area contributed by atoms with Crippen molar-refractivity contribution in [3.63, 3.8) is 0 Å². The lowest BCUT2D eigenvalue weighted by molar-refractivity contribution is 0.403. The zero-order chi connectivity index (χ0) is 14.8. The Labute approximate surface area is 134 Å². The number of nitrogens with one attached hydrogen (secondary N) is 1. The third kappa shape index (κ3) is 3.08. The molecular weight excluding hydrogens is 308 g/mol. The molecular formula is C17H16Cl2FN. The van der Waals surface area contributed by atoms with Gasteiger partial charge in [-0.25, -0.2) is 4.39 Å². The van der Waals surface area contributed by atoms with Crippen molar-refractivity contribution in [2.45, 2.75) is 18.3 Å². The summed E-state index contributed by atoms with van der Waals surface area (Å²) in [5, 5.41) is 4.76. The van der Waals surface area contributed by atoms with Gasteiger partial charge in [0.25, 0.3) is 0 Å². The molecule has 0 saturated carbocycles. The van der Waals surface area contributed by atoms with Gasteiger partial charge in [-0.15, -0.1) is 0 Å². The maximum absolute atomic E-state index is 13.5. The van der Waals surface area contributed by atoms with Crippen molar-refractivity contribution >= 4 is 23.2 Å². The number of piperidine rings is 1. The Morgan fingerprint density at radius 3 is 2.43 bits per heavy atom. The van der Waals surface area contributed by atoms with Crippen LogP contribution in [0.4, 0.5) is 4.39 Å². The molecule has 1 N–H and O–H groups in total. The summed E-state index contributed by atoms with van der Waals surface area (Å²) in [6, 6.07) is 12.4. The molecule has 0 spiro atoms. The zero-order valence-corrected chi connectivity index (χ0v) is 13.0. The van der Waals surface area contributed by atoms with E-state index < -0.39 is 0 Å². The Hall–Kier alpha value is -1.09. The van der Waals surface area contributed by atoms with Crippen molar-refractivity contribution < 1.29 is 4.39 Å². The van der Waals surface area contributed by atoms with Gasteiger partial charge < -0.3 is 5.32 Å². The summed E-state index contributed by atoms with van der Waals surface area (Å²) in [6.07, 6.45) is 0.935. The molecule has 4 heteroatoms. The van der Waals surface area contributed by atoms with E-state index in [9.17, 15) is 4.39 Å². The lowest BCUT2D eigenvalue weighted by atomic mass is 9.77. The first-order valence-corrected chi connectivity index (χ1v) is 7.82. The number of hydrogen-bond donors (Lipinski definition) is 1. The molecule has 0 bridgehead atoms. The van der Waals surface area contributed by atoms with E-state index in [1.54, 1.807) is 12.1 Å². The monoisotopic (exact) mass is 323 g/mol. The Kier molecular flexibility index (Phi) is 4.48. The number of benzene rings is 2. The lowest BCUT2D eigenvalue weighted by Gasteiger charge is -2.34. The Morgan fingerprint density at radius 1 is 1.00 bits per heavy atom. The van der Waals surface area contributed by atoms with Crippen molar-refractivity contribution in [2.75, 3.05) is 13.1 Å². The summed E-state index contributed by atoms with van der Waals surface area (Å²) < 4.78 is 13.5. The lowest BCUT2D eigenvalue weighted by Crippen LogP contribution is -2.34. The van der Waals surface area contributed by atoms with E-state index in [1.807, 2.05) is 24.3 Å². The quantitative estimate of drug-likeness (QED) is 0.820. The molecule has 0 amide bonds. The summed E-state index contributed by atoms with van der Waals surface area (Å²) in [7, 11) is 0. The van der Waals surface area contributed by atoms with Crippen molar-refractivity contribution in [1.29, 1.82) is 0 Å². The second-order valence-electron chi connectivity index (χ2n) is 5.40. The maximum atomic E-state index is 13.5. The summed E-state index contributed by atoms with van der Waals surface area (Å²) >= 11 is 12.7. The Balaban J connectivity index is 2.02. The van der Waals surface area contributed by atoms with E-state index in [-0.39, 0.29) is 17.7 Å². The average Bonchev–Trinajstić information content (AvgIpc) is 2.47. The highest BCUT2D eigenvalue weighted by atomic mass is 35.5. The molecule has 3 rings (SSSR count). The van der Waals surface area contributed by atoms with Crippen LogP contribution in [0.1, 0.15) is 29.4 Å². The van der Waals surface area contributed by atoms with Gasteiger partial charge in [0.2, 0.25) is 0 Å². The van der Waals surface area contributed by atoms with Gasteiger partial charge in [0.05, 0.1) is 0 Å². The van der Waals surface area contributed by atoms with Crippen LogP contribution in [0.5, 0.6) is 0 Å². The molecule has 1 aliphatic heterocycles. The molecule has 2 atom stereocenters. The van der Waals surface area contributed by atoms with Gasteiger partial charge in [0.15, 0.2) is 0 Å². The van der Waals surface area contributed by atoms with Gasteiger partial charge in [-0.05, 0) is 54.3 Å². The van der Waals surface area contributed by atoms with Crippen LogP contribution in [0, 0.1) is 5.82 Å². The third-order valence-electron chi connectivity index (χ3n) is 4.13. The fourth-order valence-corrected chi connectivity index (χ4v) is 3.83. The van der Waals surface area contributed by atoms with Gasteiger partial charge in [-0.1, -0.05) is 41.4 Å². The summed E-state index contributed by atoms with van der Waals surface area (Å²) in [4.78, 5) is 0. The molecule has 0 aromatic heterocycles. The summed E-state index contributed by atoms with van der Waals surface area (Å²) in [5.41, 5.74) is 1.97. The molecule has 1 saturated heterocycles. The van der Waals surface area contributed by atoms with Gasteiger partial charge in [-0.3, -0.25) is 0 Å². The highest BCUT2D eigenvalue weighted by molar-refractivity contribution is 6.36. The van der Waals surface area contributed by atoms with E-state index in [0.717, 1.165) is 30.6 Å². The molecule has 0 aliphatic carbocycles. The normalized spacial score (nSPS) is 22.2. The van der Waals surface area contributed by atoms with Crippen molar-refractivity contribution in [3.8, 4) is 0 Å². The average molecular weight is 324 g/mol. The zero-order valence-electron chi connectivity index (χ0n) is 11.5. The number of rotatable bonds is 2. The number of hydrogen-bond acceptors (Lipinski definition) is 1. The molecule has 2 aromatic carbocycles. The molecule has 2 unspecified atom stereocenters. The van der Waals surface area contributed by atoms with Crippen LogP contribution >= 0.6 is 23.2 Å². The van der Waals surface area contributed by atoms with Crippen LogP contribution in [-0.4, -0.2) is 13.1 Å². The van der Waals surface area contributed by atoms with E-state index >= 15 is 0 Å². The minimum absolute atomic E-state index is 0.173. The minimum atomic E-state index is -0.206. The molecule has 110 valence electrons. The van der Waals surface area contributed by atoms with Gasteiger partial charge >= 0.3 is 0 Å². The van der Waals surface area contributed by atoms with Crippen LogP contribution in [0.3, 0.4) is 0 Å². The van der Waals surface area contributed by atoms with Gasteiger partial charge in [0.1, 0.15) is 5.82 Å². The van der Waals surface area contributed by atoms with Crippen LogP contribution in [-0.2, 0) is 0 Å². The highest BCUT2D eigenvalue weighted by Crippen LogP contribution is 2.43. The predicted octanol–water partition coefficient (Wildman–Crippen LogP) is 4.99. The molecule has 1 heterocycles. The van der Waals surface area contributed by atoms with Crippen molar-refractivity contribution in [3.05, 3.63) is 69.5 Å². The SMILES string of the molecule is Fc1cccc(C2CNCCC2c2c(Cl)cccc2Cl)c1. The number of halogens is 3. The first-order chi connectivity index (χ1) is 10.2. The highest BCUT2D eigenvalue weighted by Gasteiger charge is 2.30. The van der Waals surface area contributed by atoms with Crippen molar-refractivity contribution in [2.24, 2.45) is 0 Å². The topological polar surface area (TPSA) is 12.0 Å². The molecule has 1 fully saturated rings. The van der Waals surface area contributed by atoms with E-state index in [4.69, 9.17) is 23.2 Å². The predicted molar refractivity (Wildman–Crippen MR) is 85.8 cm³/mol. The molecule has 2 aromatic rings. The smallest absolute Gasteiger partial charge is 0.123 e. The molecule has 0 radical (unpaired) electrons. The second kappa shape index (κ2) is 6.35. The van der Waals surface area contributed by atoms with Gasteiger partial charge in [0, 0.05) is 22.5 Å². The molecule has 21 heavy (non-hydrogen) atoms. The fourth-order valence-electron chi connectivity index (χ4n) is 3.16. The van der Waals surface area contributed by atoms with Crippen LogP contribution in [0.15, 0.2) is 42.5 Å². The Morgan fingerprint density at radius 2 is 1.71 bits per heavy atom.